The first-order chi connectivity index (χ1) is 13.9. The summed E-state index contributed by atoms with van der Waals surface area (Å²) in [6, 6.07) is 6.20. The molecule has 0 aliphatic carbocycles. The van der Waals surface area contributed by atoms with Crippen molar-refractivity contribution in [3.8, 4) is 0 Å². The van der Waals surface area contributed by atoms with Crippen LogP contribution >= 0.6 is 0 Å². The first-order valence-corrected chi connectivity index (χ1v) is 9.06. The molecule has 10 heteroatoms. The van der Waals surface area contributed by atoms with Crippen LogP contribution in [-0.2, 0) is 16.1 Å². The highest BCUT2D eigenvalue weighted by Crippen LogP contribution is 2.07. The van der Waals surface area contributed by atoms with Crippen molar-refractivity contribution in [2.24, 2.45) is 0 Å². The molecule has 0 saturated heterocycles. The lowest BCUT2D eigenvalue weighted by Gasteiger charge is -2.22. The van der Waals surface area contributed by atoms with Crippen LogP contribution in [0.2, 0.25) is 0 Å². The van der Waals surface area contributed by atoms with Crippen molar-refractivity contribution < 1.29 is 24.2 Å². The molecule has 30 heavy (non-hydrogen) atoms. The van der Waals surface area contributed by atoms with Gasteiger partial charge in [-0.1, -0.05) is 18.2 Å². The maximum Gasteiger partial charge on any atom is 0.408 e. The number of aromatic nitrogens is 2. The monoisotopic (exact) mass is 417 g/mol. The van der Waals surface area contributed by atoms with Crippen LogP contribution in [0, 0.1) is 6.92 Å². The minimum absolute atomic E-state index is 0.0558. The van der Waals surface area contributed by atoms with Gasteiger partial charge in [0.1, 0.15) is 11.6 Å². The van der Waals surface area contributed by atoms with E-state index in [0.717, 1.165) is 10.8 Å². The number of carbonyl (C=O) groups is 3. The molecule has 2 aromatic rings. The van der Waals surface area contributed by atoms with E-state index in [2.05, 4.69) is 5.32 Å². The third-order valence-electron chi connectivity index (χ3n) is 3.92. The van der Waals surface area contributed by atoms with Gasteiger partial charge < -0.3 is 15.2 Å². The van der Waals surface area contributed by atoms with Crippen molar-refractivity contribution in [2.45, 2.75) is 45.9 Å². The van der Waals surface area contributed by atoms with E-state index in [-0.39, 0.29) is 11.1 Å². The Morgan fingerprint density at radius 3 is 2.27 bits per heavy atom. The number of aryl methyl sites for hydroxylation is 1. The zero-order valence-electron chi connectivity index (χ0n) is 17.0. The van der Waals surface area contributed by atoms with Gasteiger partial charge in [-0.25, -0.2) is 14.4 Å². The van der Waals surface area contributed by atoms with Crippen molar-refractivity contribution in [1.29, 1.82) is 0 Å². The molecule has 0 fully saturated rings. The molecule has 1 heterocycles. The van der Waals surface area contributed by atoms with Gasteiger partial charge in [-0.2, -0.15) is 4.57 Å². The predicted molar refractivity (Wildman–Crippen MR) is 107 cm³/mol. The molecule has 0 radical (unpaired) electrons. The van der Waals surface area contributed by atoms with E-state index in [1.54, 1.807) is 39.0 Å². The molecule has 10 nitrogen and oxygen atoms in total. The summed E-state index contributed by atoms with van der Waals surface area (Å²) in [5, 5.41) is 11.6. The first kappa shape index (κ1) is 22.6. The van der Waals surface area contributed by atoms with E-state index >= 15 is 0 Å². The number of nitrogens with zero attached hydrogens (tertiary/aromatic N) is 2. The summed E-state index contributed by atoms with van der Waals surface area (Å²) in [5.41, 5.74) is -2.50. The summed E-state index contributed by atoms with van der Waals surface area (Å²) < 4.78 is 6.38. The van der Waals surface area contributed by atoms with Gasteiger partial charge in [-0.05, 0) is 39.8 Å². The number of ether oxygens (including phenoxy) is 1. The Morgan fingerprint density at radius 2 is 1.73 bits per heavy atom. The van der Waals surface area contributed by atoms with Gasteiger partial charge in [0, 0.05) is 17.3 Å². The van der Waals surface area contributed by atoms with E-state index in [0.29, 0.717) is 4.57 Å². The first-order valence-electron chi connectivity index (χ1n) is 9.06. The Morgan fingerprint density at radius 1 is 1.13 bits per heavy atom. The highest BCUT2D eigenvalue weighted by Gasteiger charge is 2.26. The standard InChI is InChI=1S/C20H23N3O7/c1-12-10-22(11-14(17(26)27)21-18(28)30-20(2,3)4)19(29)23(15(12)24)16(25)13-8-6-5-7-9-13/h5-10,14H,11H2,1-4H3,(H,21,28)(H,26,27)/t14-/m0/s1. The van der Waals surface area contributed by atoms with Gasteiger partial charge in [-0.3, -0.25) is 14.2 Å². The molecule has 1 aromatic carbocycles. The van der Waals surface area contributed by atoms with Crippen LogP contribution < -0.4 is 16.6 Å². The van der Waals surface area contributed by atoms with Crippen LogP contribution in [0.15, 0.2) is 46.1 Å². The number of rotatable bonds is 5. The number of carboxylic acid groups (broad SMARTS) is 1. The van der Waals surface area contributed by atoms with Crippen LogP contribution in [0.3, 0.4) is 0 Å². The smallest absolute Gasteiger partial charge is 0.408 e. The molecular weight excluding hydrogens is 394 g/mol. The second kappa shape index (κ2) is 8.76. The molecule has 0 aliphatic heterocycles. The molecule has 1 atom stereocenters. The normalized spacial score (nSPS) is 12.1. The number of alkyl carbamates (subject to hydrolysis) is 1. The highest BCUT2D eigenvalue weighted by molar-refractivity contribution is 5.95. The molecule has 2 rings (SSSR count). The van der Waals surface area contributed by atoms with Crippen LogP contribution in [0.25, 0.3) is 0 Å². The minimum Gasteiger partial charge on any atom is -0.480 e. The molecule has 2 N–H and O–H groups in total. The Labute approximate surface area is 171 Å². The summed E-state index contributed by atoms with van der Waals surface area (Å²) in [7, 11) is 0. The summed E-state index contributed by atoms with van der Waals surface area (Å²) >= 11 is 0. The third kappa shape index (κ3) is 5.43. The van der Waals surface area contributed by atoms with Gasteiger partial charge in [0.05, 0.1) is 6.54 Å². The average molecular weight is 417 g/mol. The maximum absolute atomic E-state index is 12.8. The zero-order chi connectivity index (χ0) is 22.6. The van der Waals surface area contributed by atoms with Crippen LogP contribution in [0.5, 0.6) is 0 Å². The summed E-state index contributed by atoms with van der Waals surface area (Å²) in [6.45, 7) is 5.71. The number of aliphatic carboxylic acids is 1. The van der Waals surface area contributed by atoms with E-state index in [9.17, 15) is 29.1 Å². The Hall–Kier alpha value is -3.69. The molecule has 0 bridgehead atoms. The van der Waals surface area contributed by atoms with Crippen LogP contribution in [0.1, 0.15) is 36.7 Å². The van der Waals surface area contributed by atoms with Gasteiger partial charge in [0.15, 0.2) is 0 Å². The number of hydrogen-bond acceptors (Lipinski definition) is 6. The quantitative estimate of drug-likeness (QED) is 0.740. The Balaban J connectivity index is 2.42. The lowest BCUT2D eigenvalue weighted by atomic mass is 10.2. The fraction of sp³-hybridized carbons (Fsp3) is 0.350. The molecule has 0 saturated carbocycles. The molecule has 1 amide bonds. The summed E-state index contributed by atoms with van der Waals surface area (Å²) in [6.07, 6.45) is 0.167. The van der Waals surface area contributed by atoms with Gasteiger partial charge >= 0.3 is 17.8 Å². The zero-order valence-corrected chi connectivity index (χ0v) is 17.0. The van der Waals surface area contributed by atoms with Crippen molar-refractivity contribution in [3.63, 3.8) is 0 Å². The lowest BCUT2D eigenvalue weighted by Crippen LogP contribution is -2.50. The molecule has 0 spiro atoms. The Kier molecular flexibility index (Phi) is 6.60. The molecule has 0 aliphatic rings. The number of nitrogens with one attached hydrogen (secondary N) is 1. The largest absolute Gasteiger partial charge is 0.480 e. The maximum atomic E-state index is 12.8. The topological polar surface area (TPSA) is 137 Å². The highest BCUT2D eigenvalue weighted by atomic mass is 16.6. The fourth-order valence-corrected chi connectivity index (χ4v) is 2.59. The van der Waals surface area contributed by atoms with Crippen molar-refractivity contribution in [1.82, 2.24) is 14.5 Å². The number of carbonyl (C=O) groups excluding carboxylic acids is 2. The van der Waals surface area contributed by atoms with Crippen LogP contribution in [-0.4, -0.2) is 43.9 Å². The number of hydrogen-bond donors (Lipinski definition) is 2. The van der Waals surface area contributed by atoms with Gasteiger partial charge in [-0.15, -0.1) is 0 Å². The van der Waals surface area contributed by atoms with Crippen molar-refractivity contribution >= 4 is 18.0 Å². The van der Waals surface area contributed by atoms with Crippen molar-refractivity contribution in [3.05, 3.63) is 68.5 Å². The van der Waals surface area contributed by atoms with E-state index in [1.807, 2.05) is 0 Å². The SMILES string of the molecule is Cc1cn(C[C@H](NC(=O)OC(C)(C)C)C(=O)O)c(=O)n(C(=O)c2ccccc2)c1=O. The van der Waals surface area contributed by atoms with E-state index in [4.69, 9.17) is 4.74 Å². The summed E-state index contributed by atoms with van der Waals surface area (Å²) in [4.78, 5) is 61.4. The fourth-order valence-electron chi connectivity index (χ4n) is 2.59. The van der Waals surface area contributed by atoms with Crippen LogP contribution in [0.4, 0.5) is 4.79 Å². The number of amides is 1. The minimum atomic E-state index is -1.53. The Bertz CT molecular complexity index is 1080. The van der Waals surface area contributed by atoms with E-state index < -0.39 is 47.4 Å². The second-order valence-electron chi connectivity index (χ2n) is 7.60. The predicted octanol–water partition coefficient (Wildman–Crippen LogP) is 0.985. The summed E-state index contributed by atoms with van der Waals surface area (Å²) in [5.74, 6) is -2.26. The number of carboxylic acids is 1. The van der Waals surface area contributed by atoms with Gasteiger partial charge in [0.2, 0.25) is 0 Å². The molecular formula is C20H23N3O7. The van der Waals surface area contributed by atoms with Crippen molar-refractivity contribution in [2.75, 3.05) is 0 Å². The average Bonchev–Trinajstić information content (AvgIpc) is 2.64. The van der Waals surface area contributed by atoms with Gasteiger partial charge in [0.25, 0.3) is 11.5 Å². The number of benzene rings is 1. The lowest BCUT2D eigenvalue weighted by molar-refractivity contribution is -0.139. The third-order valence-corrected chi connectivity index (χ3v) is 3.92. The van der Waals surface area contributed by atoms with E-state index in [1.165, 1.54) is 19.1 Å². The molecule has 0 unspecified atom stereocenters. The molecule has 1 aromatic heterocycles. The molecule has 160 valence electrons. The second-order valence-corrected chi connectivity index (χ2v) is 7.60.